The number of benzene rings is 1. The van der Waals surface area contributed by atoms with Gasteiger partial charge in [-0.2, -0.15) is 13.2 Å². The first-order valence-electron chi connectivity index (χ1n) is 6.86. The molecule has 1 rings (SSSR count). The van der Waals surface area contributed by atoms with Gasteiger partial charge >= 0.3 is 12.1 Å². The summed E-state index contributed by atoms with van der Waals surface area (Å²) in [5.74, 6) is -3.39. The highest BCUT2D eigenvalue weighted by molar-refractivity contribution is 8.02. The van der Waals surface area contributed by atoms with E-state index >= 15 is 0 Å². The Kier molecular flexibility index (Phi) is 6.44. The smallest absolute Gasteiger partial charge is 0.452 e. The molecule has 0 aliphatic rings. The lowest BCUT2D eigenvalue weighted by molar-refractivity contribution is -0.176. The van der Waals surface area contributed by atoms with Crippen molar-refractivity contribution >= 4 is 23.5 Å². The molecule has 0 saturated heterocycles. The number of alkyl halides is 3. The summed E-state index contributed by atoms with van der Waals surface area (Å²) in [7, 11) is 0. The van der Waals surface area contributed by atoms with E-state index in [2.05, 4.69) is 0 Å². The molecule has 3 nitrogen and oxygen atoms in total. The molecule has 0 spiro atoms. The van der Waals surface area contributed by atoms with Gasteiger partial charge in [-0.15, -0.1) is 0 Å². The molecule has 126 valence electrons. The van der Waals surface area contributed by atoms with Crippen LogP contribution in [0, 0.1) is 6.92 Å². The van der Waals surface area contributed by atoms with Gasteiger partial charge in [-0.05, 0) is 32.4 Å². The molecule has 7 heteroatoms. The number of allylic oxidation sites excluding steroid dienone is 1. The van der Waals surface area contributed by atoms with Crippen molar-refractivity contribution in [2.45, 2.75) is 36.6 Å². The fourth-order valence-corrected chi connectivity index (χ4v) is 3.16. The highest BCUT2D eigenvalue weighted by Gasteiger charge is 2.57. The third-order valence-electron chi connectivity index (χ3n) is 2.94. The molecule has 0 aliphatic heterocycles. The lowest BCUT2D eigenvalue weighted by Crippen LogP contribution is -2.49. The Balaban J connectivity index is 3.47. The third kappa shape index (κ3) is 4.37. The average Bonchev–Trinajstić information content (AvgIpc) is 2.47. The number of esters is 1. The van der Waals surface area contributed by atoms with Crippen LogP contribution in [0.15, 0.2) is 41.3 Å². The Hall–Kier alpha value is -1.76. The molecule has 0 fully saturated rings. The lowest BCUT2D eigenvalue weighted by Gasteiger charge is -2.27. The number of carbonyl (C=O) groups excluding carboxylic acids is 2. The monoisotopic (exact) mass is 346 g/mol. The second-order valence-electron chi connectivity index (χ2n) is 4.65. The summed E-state index contributed by atoms with van der Waals surface area (Å²) in [6.07, 6.45) is -2.98. The lowest BCUT2D eigenvalue weighted by atomic mass is 10.0. The van der Waals surface area contributed by atoms with Gasteiger partial charge in [-0.3, -0.25) is 4.79 Å². The van der Waals surface area contributed by atoms with E-state index in [-0.39, 0.29) is 6.61 Å². The molecule has 1 aromatic carbocycles. The van der Waals surface area contributed by atoms with Gasteiger partial charge in [-0.25, -0.2) is 4.79 Å². The maximum absolute atomic E-state index is 13.1. The molecule has 1 unspecified atom stereocenters. The normalized spacial score (nSPS) is 14.5. The molecule has 0 radical (unpaired) electrons. The van der Waals surface area contributed by atoms with E-state index in [0.29, 0.717) is 22.2 Å². The van der Waals surface area contributed by atoms with Crippen LogP contribution in [0.4, 0.5) is 13.2 Å². The minimum absolute atomic E-state index is 0.127. The van der Waals surface area contributed by atoms with E-state index in [9.17, 15) is 22.8 Å². The summed E-state index contributed by atoms with van der Waals surface area (Å²) in [5, 5.41) is 0. The van der Waals surface area contributed by atoms with Gasteiger partial charge in [-0.1, -0.05) is 42.1 Å². The number of rotatable bonds is 6. The fourth-order valence-electron chi connectivity index (χ4n) is 1.89. The van der Waals surface area contributed by atoms with Crippen molar-refractivity contribution in [1.29, 1.82) is 0 Å². The molecule has 0 amide bonds. The minimum atomic E-state index is -5.16. The van der Waals surface area contributed by atoms with Crippen molar-refractivity contribution in [1.82, 2.24) is 0 Å². The number of hydrogen-bond donors (Lipinski definition) is 0. The maximum atomic E-state index is 13.1. The summed E-state index contributed by atoms with van der Waals surface area (Å²) in [5.41, 5.74) is 0.658. The number of halogens is 3. The Morgan fingerprint density at radius 1 is 1.26 bits per heavy atom. The summed E-state index contributed by atoms with van der Waals surface area (Å²) in [6, 6.07) is 6.58. The Morgan fingerprint density at radius 3 is 2.35 bits per heavy atom. The molecule has 0 saturated carbocycles. The van der Waals surface area contributed by atoms with E-state index in [1.165, 1.54) is 19.9 Å². The number of Topliss-reactive ketones (excluding diaryl/α,β-unsaturated/α-hetero) is 1. The molecule has 0 aliphatic carbocycles. The zero-order valence-corrected chi connectivity index (χ0v) is 13.8. The predicted molar refractivity (Wildman–Crippen MR) is 82.3 cm³/mol. The van der Waals surface area contributed by atoms with Crippen LogP contribution in [-0.4, -0.2) is 29.3 Å². The second kappa shape index (κ2) is 7.68. The van der Waals surface area contributed by atoms with Crippen LogP contribution >= 0.6 is 11.8 Å². The molecule has 1 atom stereocenters. The Labute approximate surface area is 136 Å². The first-order valence-corrected chi connectivity index (χ1v) is 7.68. The Bertz CT molecular complexity index is 611. The fraction of sp³-hybridized carbons (Fsp3) is 0.375. The van der Waals surface area contributed by atoms with Gasteiger partial charge in [0.25, 0.3) is 5.78 Å². The number of aryl methyl sites for hydroxylation is 1. The van der Waals surface area contributed by atoms with E-state index in [4.69, 9.17) is 4.74 Å². The molecule has 1 aromatic rings. The molecule has 23 heavy (non-hydrogen) atoms. The van der Waals surface area contributed by atoms with Gasteiger partial charge in [0.15, 0.2) is 0 Å². The average molecular weight is 346 g/mol. The summed E-state index contributed by atoms with van der Waals surface area (Å²) in [6.45, 7) is 4.47. The van der Waals surface area contributed by atoms with E-state index in [0.717, 1.165) is 6.08 Å². The van der Waals surface area contributed by atoms with E-state index < -0.39 is 22.7 Å². The topological polar surface area (TPSA) is 43.4 Å². The molecular formula is C16H17F3O3S. The quantitative estimate of drug-likeness (QED) is 0.337. The van der Waals surface area contributed by atoms with Crippen LogP contribution in [-0.2, 0) is 14.3 Å². The first-order chi connectivity index (χ1) is 10.7. The van der Waals surface area contributed by atoms with Crippen LogP contribution in [0.2, 0.25) is 0 Å². The van der Waals surface area contributed by atoms with Gasteiger partial charge in [0.2, 0.25) is 4.75 Å². The van der Waals surface area contributed by atoms with Crippen LogP contribution in [0.25, 0.3) is 0 Å². The van der Waals surface area contributed by atoms with Crippen molar-refractivity contribution in [2.75, 3.05) is 6.61 Å². The summed E-state index contributed by atoms with van der Waals surface area (Å²) >= 11 is 0.540. The SMILES string of the molecule is C/C=C/C(Sc1ccccc1C)(C(=O)OCC)C(=O)C(F)(F)F. The zero-order valence-electron chi connectivity index (χ0n) is 12.9. The van der Waals surface area contributed by atoms with Crippen molar-refractivity contribution < 1.29 is 27.5 Å². The third-order valence-corrected chi connectivity index (χ3v) is 4.43. The van der Waals surface area contributed by atoms with Crippen LogP contribution in [0.5, 0.6) is 0 Å². The van der Waals surface area contributed by atoms with Gasteiger partial charge < -0.3 is 4.74 Å². The number of ether oxygens (including phenoxy) is 1. The van der Waals surface area contributed by atoms with E-state index in [1.807, 2.05) is 0 Å². The van der Waals surface area contributed by atoms with E-state index in [1.54, 1.807) is 31.2 Å². The summed E-state index contributed by atoms with van der Waals surface area (Å²) in [4.78, 5) is 24.7. The molecule has 0 aromatic heterocycles. The molecular weight excluding hydrogens is 329 g/mol. The highest BCUT2D eigenvalue weighted by atomic mass is 32.2. The van der Waals surface area contributed by atoms with Gasteiger partial charge in [0, 0.05) is 4.90 Å². The zero-order chi connectivity index (χ0) is 17.7. The Morgan fingerprint density at radius 2 is 1.87 bits per heavy atom. The van der Waals surface area contributed by atoms with Crippen molar-refractivity contribution in [2.24, 2.45) is 0 Å². The molecule has 0 heterocycles. The number of ketones is 1. The van der Waals surface area contributed by atoms with Crippen LogP contribution in [0.3, 0.4) is 0 Å². The van der Waals surface area contributed by atoms with Gasteiger partial charge in [0.1, 0.15) is 0 Å². The number of hydrogen-bond acceptors (Lipinski definition) is 4. The first kappa shape index (κ1) is 19.3. The van der Waals surface area contributed by atoms with Crippen molar-refractivity contribution in [3.63, 3.8) is 0 Å². The van der Waals surface area contributed by atoms with Crippen LogP contribution < -0.4 is 0 Å². The minimum Gasteiger partial charge on any atom is -0.464 e. The number of thioether (sulfide) groups is 1. The largest absolute Gasteiger partial charge is 0.464 e. The summed E-state index contributed by atoms with van der Waals surface area (Å²) < 4.78 is 41.5. The predicted octanol–water partition coefficient (Wildman–Crippen LogP) is 4.10. The van der Waals surface area contributed by atoms with Crippen molar-refractivity contribution in [3.8, 4) is 0 Å². The molecule has 0 bridgehead atoms. The van der Waals surface area contributed by atoms with Gasteiger partial charge in [0.05, 0.1) is 6.61 Å². The number of carbonyl (C=O) groups is 2. The highest BCUT2D eigenvalue weighted by Crippen LogP contribution is 2.42. The van der Waals surface area contributed by atoms with Crippen molar-refractivity contribution in [3.05, 3.63) is 42.0 Å². The second-order valence-corrected chi connectivity index (χ2v) is 5.94. The van der Waals surface area contributed by atoms with Crippen LogP contribution in [0.1, 0.15) is 19.4 Å². The molecule has 0 N–H and O–H groups in total. The maximum Gasteiger partial charge on any atom is 0.452 e. The standard InChI is InChI=1S/C16H17F3O3S/c1-4-10-15(14(21)22-5-2,13(20)16(17,18)19)23-12-9-7-6-8-11(12)3/h4,6-10H,5H2,1-3H3/b10-4+.